The van der Waals surface area contributed by atoms with Crippen LogP contribution in [0.2, 0.25) is 0 Å². The number of nitrogens with one attached hydrogen (secondary N) is 1. The van der Waals surface area contributed by atoms with E-state index in [9.17, 15) is 4.79 Å². The van der Waals surface area contributed by atoms with Crippen LogP contribution in [0, 0.1) is 11.8 Å². The zero-order valence-electron chi connectivity index (χ0n) is 11.5. The predicted octanol–water partition coefficient (Wildman–Crippen LogP) is 2.44. The summed E-state index contributed by atoms with van der Waals surface area (Å²) in [6.07, 6.45) is 7.24. The summed E-state index contributed by atoms with van der Waals surface area (Å²) in [5.74, 6) is 1.15. The molecule has 1 fully saturated rings. The molecule has 100 valence electrons. The van der Waals surface area contributed by atoms with E-state index >= 15 is 0 Å². The van der Waals surface area contributed by atoms with Crippen LogP contribution >= 0.6 is 0 Å². The molecule has 0 spiro atoms. The average Bonchev–Trinajstić information content (AvgIpc) is 2.29. The van der Waals surface area contributed by atoms with Crippen molar-refractivity contribution in [3.63, 3.8) is 0 Å². The minimum atomic E-state index is -0.346. The highest BCUT2D eigenvalue weighted by atomic mass is 16.2. The normalized spacial score (nSPS) is 21.2. The zero-order valence-corrected chi connectivity index (χ0v) is 11.5. The molecule has 1 unspecified atom stereocenters. The number of hydrogen-bond acceptors (Lipinski definition) is 2. The molecule has 1 rings (SSSR count). The van der Waals surface area contributed by atoms with E-state index in [4.69, 9.17) is 5.73 Å². The minimum absolute atomic E-state index is 0.0248. The van der Waals surface area contributed by atoms with Gasteiger partial charge in [0.15, 0.2) is 0 Å². The van der Waals surface area contributed by atoms with Crippen molar-refractivity contribution >= 4 is 5.91 Å². The molecule has 0 aromatic heterocycles. The summed E-state index contributed by atoms with van der Waals surface area (Å²) in [7, 11) is 0. The number of amides is 1. The minimum Gasteiger partial charge on any atom is -0.352 e. The van der Waals surface area contributed by atoms with Crippen molar-refractivity contribution < 1.29 is 4.79 Å². The molecule has 0 saturated heterocycles. The van der Waals surface area contributed by atoms with Gasteiger partial charge < -0.3 is 11.1 Å². The first kappa shape index (κ1) is 14.5. The number of carbonyl (C=O) groups is 1. The molecule has 0 bridgehead atoms. The Labute approximate surface area is 106 Å². The van der Waals surface area contributed by atoms with Gasteiger partial charge in [-0.2, -0.15) is 0 Å². The van der Waals surface area contributed by atoms with Crippen LogP contribution in [0.1, 0.15) is 59.3 Å². The molecular weight excluding hydrogens is 212 g/mol. The first-order valence-electron chi connectivity index (χ1n) is 7.06. The summed E-state index contributed by atoms with van der Waals surface area (Å²) < 4.78 is 0. The van der Waals surface area contributed by atoms with Gasteiger partial charge in [0.05, 0.1) is 6.04 Å². The van der Waals surface area contributed by atoms with Crippen LogP contribution in [-0.2, 0) is 4.79 Å². The Kier molecular flexibility index (Phi) is 5.96. The van der Waals surface area contributed by atoms with Crippen molar-refractivity contribution in [1.29, 1.82) is 0 Å². The van der Waals surface area contributed by atoms with Crippen LogP contribution in [0.15, 0.2) is 0 Å². The van der Waals surface area contributed by atoms with Gasteiger partial charge in [0, 0.05) is 6.04 Å². The Morgan fingerprint density at radius 3 is 2.35 bits per heavy atom. The van der Waals surface area contributed by atoms with Crippen LogP contribution in [-0.4, -0.2) is 18.0 Å². The fourth-order valence-corrected chi connectivity index (χ4v) is 2.70. The van der Waals surface area contributed by atoms with E-state index in [1.54, 1.807) is 0 Å². The molecule has 3 heteroatoms. The second-order valence-electron chi connectivity index (χ2n) is 5.93. The standard InChI is InChI=1S/C14H28N2O/c1-10(2)9-13(15)14(17)16-11(3)12-7-5-4-6-8-12/h10-13H,4-9,15H2,1-3H3,(H,16,17)/t11?,13-/m1/s1. The van der Waals surface area contributed by atoms with E-state index in [0.29, 0.717) is 11.8 Å². The van der Waals surface area contributed by atoms with Crippen molar-refractivity contribution in [2.75, 3.05) is 0 Å². The summed E-state index contributed by atoms with van der Waals surface area (Å²) in [5, 5.41) is 3.09. The van der Waals surface area contributed by atoms with Crippen molar-refractivity contribution in [1.82, 2.24) is 5.32 Å². The first-order chi connectivity index (χ1) is 8.00. The molecule has 17 heavy (non-hydrogen) atoms. The largest absolute Gasteiger partial charge is 0.352 e. The van der Waals surface area contributed by atoms with Crippen molar-refractivity contribution in [2.45, 2.75) is 71.4 Å². The summed E-state index contributed by atoms with van der Waals surface area (Å²) in [4.78, 5) is 11.9. The lowest BCUT2D eigenvalue weighted by Crippen LogP contribution is -2.47. The highest BCUT2D eigenvalue weighted by molar-refractivity contribution is 5.81. The van der Waals surface area contributed by atoms with Gasteiger partial charge in [-0.05, 0) is 38.0 Å². The fourth-order valence-electron chi connectivity index (χ4n) is 2.70. The Morgan fingerprint density at radius 2 is 1.82 bits per heavy atom. The lowest BCUT2D eigenvalue weighted by atomic mass is 9.84. The van der Waals surface area contributed by atoms with Crippen molar-refractivity contribution in [3.05, 3.63) is 0 Å². The lowest BCUT2D eigenvalue weighted by molar-refractivity contribution is -0.123. The Bertz CT molecular complexity index is 234. The van der Waals surface area contributed by atoms with Crippen molar-refractivity contribution in [2.24, 2.45) is 17.6 Å². The second kappa shape index (κ2) is 7.00. The third-order valence-corrected chi connectivity index (χ3v) is 3.79. The smallest absolute Gasteiger partial charge is 0.237 e. The van der Waals surface area contributed by atoms with Crippen LogP contribution in [0.25, 0.3) is 0 Å². The summed E-state index contributed by atoms with van der Waals surface area (Å²) in [6.45, 7) is 6.31. The Morgan fingerprint density at radius 1 is 1.24 bits per heavy atom. The van der Waals surface area contributed by atoms with E-state index < -0.39 is 0 Å². The maximum atomic E-state index is 11.9. The molecule has 1 aliphatic carbocycles. The van der Waals surface area contributed by atoms with Gasteiger partial charge in [0.25, 0.3) is 0 Å². The highest BCUT2D eigenvalue weighted by Gasteiger charge is 2.23. The third-order valence-electron chi connectivity index (χ3n) is 3.79. The molecule has 0 aromatic rings. The average molecular weight is 240 g/mol. The maximum absolute atomic E-state index is 11.9. The fraction of sp³-hybridized carbons (Fsp3) is 0.929. The summed E-state index contributed by atoms with van der Waals surface area (Å²) in [6, 6.07) is -0.0675. The molecular formula is C14H28N2O. The van der Waals surface area contributed by atoms with Gasteiger partial charge in [-0.1, -0.05) is 33.1 Å². The van der Waals surface area contributed by atoms with Gasteiger partial charge in [0.2, 0.25) is 5.91 Å². The van der Waals surface area contributed by atoms with E-state index in [-0.39, 0.29) is 18.0 Å². The van der Waals surface area contributed by atoms with Crippen LogP contribution in [0.4, 0.5) is 0 Å². The number of carbonyl (C=O) groups excluding carboxylic acids is 1. The molecule has 1 aliphatic rings. The van der Waals surface area contributed by atoms with Crippen LogP contribution < -0.4 is 11.1 Å². The molecule has 0 aromatic carbocycles. The zero-order chi connectivity index (χ0) is 12.8. The number of nitrogens with two attached hydrogens (primary N) is 1. The number of hydrogen-bond donors (Lipinski definition) is 2. The molecule has 2 atom stereocenters. The predicted molar refractivity (Wildman–Crippen MR) is 71.6 cm³/mol. The molecule has 1 saturated carbocycles. The highest BCUT2D eigenvalue weighted by Crippen LogP contribution is 2.26. The molecule has 0 aliphatic heterocycles. The van der Waals surface area contributed by atoms with E-state index in [2.05, 4.69) is 26.1 Å². The van der Waals surface area contributed by atoms with Crippen LogP contribution in [0.3, 0.4) is 0 Å². The molecule has 0 heterocycles. The molecule has 1 amide bonds. The van der Waals surface area contributed by atoms with Gasteiger partial charge in [-0.3, -0.25) is 4.79 Å². The van der Waals surface area contributed by atoms with Gasteiger partial charge >= 0.3 is 0 Å². The Hall–Kier alpha value is -0.570. The monoisotopic (exact) mass is 240 g/mol. The third kappa shape index (κ3) is 5.07. The summed E-state index contributed by atoms with van der Waals surface area (Å²) in [5.41, 5.74) is 5.88. The topological polar surface area (TPSA) is 55.1 Å². The van der Waals surface area contributed by atoms with Crippen LogP contribution in [0.5, 0.6) is 0 Å². The molecule has 3 N–H and O–H groups in total. The lowest BCUT2D eigenvalue weighted by Gasteiger charge is -2.29. The molecule has 0 radical (unpaired) electrons. The SMILES string of the molecule is CC(C)C[C@@H](N)C(=O)NC(C)C1CCCCC1. The van der Waals surface area contributed by atoms with E-state index in [1.165, 1.54) is 32.1 Å². The number of rotatable bonds is 5. The van der Waals surface area contributed by atoms with Crippen molar-refractivity contribution in [3.8, 4) is 0 Å². The summed E-state index contributed by atoms with van der Waals surface area (Å²) >= 11 is 0. The van der Waals surface area contributed by atoms with Gasteiger partial charge in [-0.15, -0.1) is 0 Å². The first-order valence-corrected chi connectivity index (χ1v) is 7.06. The quantitative estimate of drug-likeness (QED) is 0.775. The van der Waals surface area contributed by atoms with Gasteiger partial charge in [0.1, 0.15) is 0 Å². The maximum Gasteiger partial charge on any atom is 0.237 e. The van der Waals surface area contributed by atoms with E-state index in [0.717, 1.165) is 6.42 Å². The second-order valence-corrected chi connectivity index (χ2v) is 5.93. The van der Waals surface area contributed by atoms with E-state index in [1.807, 2.05) is 0 Å². The molecule has 3 nitrogen and oxygen atoms in total. The van der Waals surface area contributed by atoms with Gasteiger partial charge in [-0.25, -0.2) is 0 Å². The Balaban J connectivity index is 2.33.